The van der Waals surface area contributed by atoms with Gasteiger partial charge in [0.15, 0.2) is 6.61 Å². The first kappa shape index (κ1) is 17.4. The minimum absolute atomic E-state index is 0. The number of nitro benzene ring substituents is 1. The average molecular weight is 390 g/mol. The molecule has 0 aromatic heterocycles. The summed E-state index contributed by atoms with van der Waals surface area (Å²) < 4.78 is 31.5. The molecule has 2 rings (SSSR count). The number of hydrogen-bond donors (Lipinski definition) is 2. The van der Waals surface area contributed by atoms with Crippen LogP contribution in [-0.4, -0.2) is 28.7 Å². The molecule has 0 saturated carbocycles. The summed E-state index contributed by atoms with van der Waals surface area (Å²) in [4.78, 5) is 21.0. The zero-order valence-electron chi connectivity index (χ0n) is 10.0. The van der Waals surface area contributed by atoms with Crippen LogP contribution < -0.4 is 5.32 Å². The Labute approximate surface area is 131 Å². The first-order chi connectivity index (χ1) is 9.22. The molecule has 0 spiro atoms. The van der Waals surface area contributed by atoms with E-state index < -0.39 is 46.6 Å². The van der Waals surface area contributed by atoms with Crippen molar-refractivity contribution in [2.75, 3.05) is 6.61 Å². The normalized spacial score (nSPS) is 20.0. The number of hydrogen-bond acceptors (Lipinski definition) is 5. The van der Waals surface area contributed by atoms with Gasteiger partial charge in [-0.05, 0) is 15.9 Å². The molecule has 0 unspecified atom stereocenters. The molecule has 1 atom stereocenters. The molecule has 1 amide bonds. The van der Waals surface area contributed by atoms with Gasteiger partial charge in [-0.25, -0.2) is 13.6 Å². The van der Waals surface area contributed by atoms with Gasteiger partial charge in [0.05, 0.1) is 9.40 Å². The highest BCUT2D eigenvalue weighted by Crippen LogP contribution is 2.42. The summed E-state index contributed by atoms with van der Waals surface area (Å²) in [5.74, 6) is -4.12. The van der Waals surface area contributed by atoms with E-state index in [2.05, 4.69) is 20.7 Å². The third kappa shape index (κ3) is 3.32. The predicted octanol–water partition coefficient (Wildman–Crippen LogP) is 2.90. The monoisotopic (exact) mass is 388 g/mol. The highest BCUT2D eigenvalue weighted by molar-refractivity contribution is 9.10. The molecule has 1 heterocycles. The number of nitro groups is 1. The van der Waals surface area contributed by atoms with Gasteiger partial charge in [-0.2, -0.15) is 0 Å². The first-order valence-electron chi connectivity index (χ1n) is 5.20. The van der Waals surface area contributed by atoms with Gasteiger partial charge in [0.25, 0.3) is 5.69 Å². The van der Waals surface area contributed by atoms with Crippen molar-refractivity contribution in [1.82, 2.24) is 5.32 Å². The van der Waals surface area contributed by atoms with Crippen LogP contribution in [0.25, 0.3) is 0 Å². The maximum Gasteiger partial charge on any atom is 0.408 e. The second-order valence-electron chi connectivity index (χ2n) is 4.04. The van der Waals surface area contributed by atoms with Gasteiger partial charge in [0, 0.05) is 17.7 Å². The number of alkyl carbamates (subject to hydrolysis) is 1. The second kappa shape index (κ2) is 5.98. The largest absolute Gasteiger partial charge is 0.506 e. The maximum atomic E-state index is 13.7. The summed E-state index contributed by atoms with van der Waals surface area (Å²) in [6.07, 6.45) is -1.09. The molecular weight excluding hydrogens is 381 g/mol. The third-order valence-corrected chi connectivity index (χ3v) is 3.28. The molecule has 21 heavy (non-hydrogen) atoms. The topological polar surface area (TPSA) is 102 Å². The fourth-order valence-electron chi connectivity index (χ4n) is 1.75. The number of amides is 1. The smallest absolute Gasteiger partial charge is 0.408 e. The van der Waals surface area contributed by atoms with E-state index in [1.807, 2.05) is 5.32 Å². The van der Waals surface area contributed by atoms with Gasteiger partial charge >= 0.3 is 12.0 Å². The lowest BCUT2D eigenvalue weighted by Gasteiger charge is -2.32. The van der Waals surface area contributed by atoms with E-state index in [1.54, 1.807) is 0 Å². The first-order valence-corrected chi connectivity index (χ1v) is 5.99. The highest BCUT2D eigenvalue weighted by Gasteiger charge is 2.48. The maximum absolute atomic E-state index is 13.7. The van der Waals surface area contributed by atoms with E-state index >= 15 is 0 Å². The number of carbonyl (C=O) groups is 1. The van der Waals surface area contributed by atoms with Crippen molar-refractivity contribution in [1.29, 1.82) is 0 Å². The number of cyclic esters (lactones) is 1. The van der Waals surface area contributed by atoms with E-state index in [1.165, 1.54) is 0 Å². The number of phenols is 1. The Morgan fingerprint density at radius 2 is 2.14 bits per heavy atom. The predicted molar refractivity (Wildman–Crippen MR) is 71.9 cm³/mol. The number of nitrogens with one attached hydrogen (secondary N) is 1. The number of rotatable bonds is 2. The van der Waals surface area contributed by atoms with Crippen molar-refractivity contribution >= 4 is 40.1 Å². The summed E-state index contributed by atoms with van der Waals surface area (Å²) in [5, 5.41) is 22.4. The summed E-state index contributed by atoms with van der Waals surface area (Å²) >= 11 is 2.84. The van der Waals surface area contributed by atoms with E-state index in [4.69, 9.17) is 0 Å². The third-order valence-electron chi connectivity index (χ3n) is 2.68. The highest BCUT2D eigenvalue weighted by atomic mass is 79.9. The van der Waals surface area contributed by atoms with Crippen LogP contribution in [0.15, 0.2) is 16.6 Å². The van der Waals surface area contributed by atoms with Crippen molar-refractivity contribution in [3.05, 3.63) is 32.3 Å². The summed E-state index contributed by atoms with van der Waals surface area (Å²) in [6, 6.07) is -0.164. The lowest BCUT2D eigenvalue weighted by atomic mass is 9.98. The van der Waals surface area contributed by atoms with Gasteiger partial charge in [0.2, 0.25) is 0 Å². The molecule has 7 nitrogen and oxygen atoms in total. The quantitative estimate of drug-likeness (QED) is 0.598. The Morgan fingerprint density at radius 3 is 2.71 bits per heavy atom. The molecular formula is C10H8BrClF2N2O5. The SMILES string of the molecule is Cl.O=C1N[C@@H](c2cc([N+](=O)[O-])cc(Br)c2O)C(F)(F)CO1. The summed E-state index contributed by atoms with van der Waals surface area (Å²) in [6.45, 7) is -1.18. The van der Waals surface area contributed by atoms with Crippen molar-refractivity contribution in [2.24, 2.45) is 0 Å². The number of ether oxygens (including phenoxy) is 1. The zero-order valence-corrected chi connectivity index (χ0v) is 12.4. The molecule has 116 valence electrons. The van der Waals surface area contributed by atoms with Crippen molar-refractivity contribution in [3.8, 4) is 5.75 Å². The summed E-state index contributed by atoms with van der Waals surface area (Å²) in [5.41, 5.74) is -0.964. The van der Waals surface area contributed by atoms with Gasteiger partial charge in [-0.3, -0.25) is 10.1 Å². The second-order valence-corrected chi connectivity index (χ2v) is 4.89. The number of benzene rings is 1. The lowest BCUT2D eigenvalue weighted by Crippen LogP contribution is -2.49. The Hall–Kier alpha value is -1.68. The van der Waals surface area contributed by atoms with E-state index in [0.717, 1.165) is 12.1 Å². The number of halogens is 4. The average Bonchev–Trinajstić information content (AvgIpc) is 2.35. The Balaban J connectivity index is 0.00000220. The number of non-ortho nitro benzene ring substituents is 1. The van der Waals surface area contributed by atoms with Crippen molar-refractivity contribution < 1.29 is 28.3 Å². The van der Waals surface area contributed by atoms with Gasteiger partial charge < -0.3 is 15.2 Å². The van der Waals surface area contributed by atoms with Crippen LogP contribution in [0.3, 0.4) is 0 Å². The molecule has 1 aromatic carbocycles. The van der Waals surface area contributed by atoms with E-state index in [0.29, 0.717) is 0 Å². The molecule has 0 aliphatic carbocycles. The molecule has 11 heteroatoms. The van der Waals surface area contributed by atoms with E-state index in [9.17, 15) is 28.8 Å². The number of carbonyl (C=O) groups excluding carboxylic acids is 1. The molecule has 0 radical (unpaired) electrons. The fraction of sp³-hybridized carbons (Fsp3) is 0.300. The molecule has 1 fully saturated rings. The molecule has 1 aliphatic rings. The minimum Gasteiger partial charge on any atom is -0.506 e. The van der Waals surface area contributed by atoms with Gasteiger partial charge in [-0.1, -0.05) is 0 Å². The number of alkyl halides is 2. The van der Waals surface area contributed by atoms with Crippen LogP contribution in [0.4, 0.5) is 19.3 Å². The van der Waals surface area contributed by atoms with Crippen LogP contribution in [0.2, 0.25) is 0 Å². The van der Waals surface area contributed by atoms with E-state index in [-0.39, 0.29) is 16.9 Å². The molecule has 1 aliphatic heterocycles. The molecule has 2 N–H and O–H groups in total. The molecule has 1 saturated heterocycles. The molecule has 1 aromatic rings. The van der Waals surface area contributed by atoms with Gasteiger partial charge in [0.1, 0.15) is 11.8 Å². The van der Waals surface area contributed by atoms with Gasteiger partial charge in [-0.15, -0.1) is 12.4 Å². The van der Waals surface area contributed by atoms with Crippen molar-refractivity contribution in [2.45, 2.75) is 12.0 Å². The number of phenolic OH excluding ortho intramolecular Hbond substituents is 1. The minimum atomic E-state index is -3.51. The number of nitrogens with zero attached hydrogens (tertiary/aromatic N) is 1. The van der Waals surface area contributed by atoms with Crippen LogP contribution in [0, 0.1) is 10.1 Å². The Bertz CT molecular complexity index is 601. The van der Waals surface area contributed by atoms with Crippen LogP contribution >= 0.6 is 28.3 Å². The van der Waals surface area contributed by atoms with Crippen LogP contribution in [-0.2, 0) is 4.74 Å². The lowest BCUT2D eigenvalue weighted by molar-refractivity contribution is -0.385. The fourth-order valence-corrected chi connectivity index (χ4v) is 2.21. The standard InChI is InChI=1S/C10H7BrF2N2O5.ClH/c11-6-2-4(15(18)19)1-5(7(6)16)8-10(12,13)3-20-9(17)14-8;/h1-2,8,16H,3H2,(H,14,17);1H/t8-;/m0./s1. The summed E-state index contributed by atoms with van der Waals surface area (Å²) in [7, 11) is 0. The van der Waals surface area contributed by atoms with Crippen molar-refractivity contribution in [3.63, 3.8) is 0 Å². The Morgan fingerprint density at radius 1 is 1.52 bits per heavy atom. The molecule has 0 bridgehead atoms. The Kier molecular flexibility index (Phi) is 4.95. The zero-order chi connectivity index (χ0) is 15.1. The van der Waals surface area contributed by atoms with Crippen LogP contribution in [0.5, 0.6) is 5.75 Å². The van der Waals surface area contributed by atoms with Crippen LogP contribution in [0.1, 0.15) is 11.6 Å². The number of aromatic hydroxyl groups is 1.